The monoisotopic (exact) mass is 277 g/mol. The van der Waals surface area contributed by atoms with Crippen LogP contribution in [-0.4, -0.2) is 57.9 Å². The fourth-order valence-corrected chi connectivity index (χ4v) is 3.35. The second-order valence-corrected chi connectivity index (χ2v) is 7.69. The largest absolute Gasteiger partial charge is 0.378 e. The van der Waals surface area contributed by atoms with Crippen LogP contribution in [0.4, 0.5) is 0 Å². The van der Waals surface area contributed by atoms with Gasteiger partial charge in [-0.2, -0.15) is 0 Å². The molecule has 2 rings (SSSR count). The molecule has 2 aliphatic heterocycles. The summed E-state index contributed by atoms with van der Waals surface area (Å²) in [4.78, 5) is 0. The predicted octanol–water partition coefficient (Wildman–Crippen LogP) is 0.349. The minimum atomic E-state index is -2.87. The average molecular weight is 277 g/mol. The van der Waals surface area contributed by atoms with Gasteiger partial charge in [-0.25, -0.2) is 8.42 Å². The molecule has 2 atom stereocenters. The number of sulfone groups is 1. The second-order valence-electron chi connectivity index (χ2n) is 5.21. The molecule has 0 radical (unpaired) electrons. The molecule has 2 fully saturated rings. The molecule has 5 nitrogen and oxygen atoms in total. The summed E-state index contributed by atoms with van der Waals surface area (Å²) in [6, 6.07) is 0.354. The highest BCUT2D eigenvalue weighted by atomic mass is 32.2. The molecule has 18 heavy (non-hydrogen) atoms. The van der Waals surface area contributed by atoms with E-state index in [2.05, 4.69) is 5.32 Å². The van der Waals surface area contributed by atoms with Crippen molar-refractivity contribution in [1.82, 2.24) is 5.32 Å². The zero-order chi connectivity index (χ0) is 13.1. The first kappa shape index (κ1) is 14.2. The molecular formula is C12H23NO4S. The quantitative estimate of drug-likeness (QED) is 0.785. The van der Waals surface area contributed by atoms with Crippen LogP contribution < -0.4 is 5.32 Å². The molecular weight excluding hydrogens is 254 g/mol. The summed E-state index contributed by atoms with van der Waals surface area (Å²) in [5.74, 6) is 0.449. The van der Waals surface area contributed by atoms with Gasteiger partial charge in [-0.05, 0) is 12.8 Å². The van der Waals surface area contributed by atoms with E-state index in [-0.39, 0.29) is 17.1 Å². The zero-order valence-electron chi connectivity index (χ0n) is 11.0. The molecule has 0 aliphatic carbocycles. The van der Waals surface area contributed by atoms with E-state index in [0.29, 0.717) is 19.2 Å². The highest BCUT2D eigenvalue weighted by Crippen LogP contribution is 2.32. The van der Waals surface area contributed by atoms with E-state index in [4.69, 9.17) is 9.47 Å². The first-order valence-electron chi connectivity index (χ1n) is 6.71. The van der Waals surface area contributed by atoms with Crippen LogP contribution in [0.1, 0.15) is 26.2 Å². The SMILES string of the molecule is CCS(=O)(=O)CCNC1CCOC2(CCOC2)C1. The summed E-state index contributed by atoms with van der Waals surface area (Å²) in [6.45, 7) is 4.42. The second kappa shape index (κ2) is 5.86. The molecule has 0 aromatic rings. The van der Waals surface area contributed by atoms with Crippen molar-refractivity contribution in [1.29, 1.82) is 0 Å². The van der Waals surface area contributed by atoms with Gasteiger partial charge in [0.25, 0.3) is 0 Å². The maximum atomic E-state index is 11.4. The Morgan fingerprint density at radius 2 is 2.22 bits per heavy atom. The minimum absolute atomic E-state index is 0.112. The minimum Gasteiger partial charge on any atom is -0.378 e. The standard InChI is InChI=1S/C12H23NO4S/c1-2-18(14,15)8-5-13-11-3-6-17-12(9-11)4-7-16-10-12/h11,13H,2-10H2,1H3. The van der Waals surface area contributed by atoms with E-state index in [0.717, 1.165) is 32.5 Å². The molecule has 1 N–H and O–H groups in total. The maximum Gasteiger partial charge on any atom is 0.151 e. The fourth-order valence-electron chi connectivity index (χ4n) is 2.63. The maximum absolute atomic E-state index is 11.4. The van der Waals surface area contributed by atoms with Crippen molar-refractivity contribution in [2.24, 2.45) is 0 Å². The van der Waals surface area contributed by atoms with Crippen molar-refractivity contribution in [2.45, 2.75) is 37.8 Å². The normalized spacial score (nSPS) is 33.1. The van der Waals surface area contributed by atoms with Crippen LogP contribution in [0.3, 0.4) is 0 Å². The molecule has 1 spiro atoms. The number of hydrogen-bond acceptors (Lipinski definition) is 5. The van der Waals surface area contributed by atoms with E-state index < -0.39 is 9.84 Å². The first-order chi connectivity index (χ1) is 8.55. The summed E-state index contributed by atoms with van der Waals surface area (Å²) < 4.78 is 34.1. The van der Waals surface area contributed by atoms with E-state index in [1.807, 2.05) is 0 Å². The Kier molecular flexibility index (Phi) is 4.64. The van der Waals surface area contributed by atoms with Crippen molar-refractivity contribution < 1.29 is 17.9 Å². The zero-order valence-corrected chi connectivity index (χ0v) is 11.8. The fraction of sp³-hybridized carbons (Fsp3) is 1.00. The Balaban J connectivity index is 1.76. The lowest BCUT2D eigenvalue weighted by Gasteiger charge is -2.37. The number of nitrogens with one attached hydrogen (secondary N) is 1. The molecule has 0 bridgehead atoms. The first-order valence-corrected chi connectivity index (χ1v) is 8.53. The van der Waals surface area contributed by atoms with Crippen LogP contribution >= 0.6 is 0 Å². The van der Waals surface area contributed by atoms with Crippen molar-refractivity contribution in [3.05, 3.63) is 0 Å². The Morgan fingerprint density at radius 3 is 2.89 bits per heavy atom. The Bertz CT molecular complexity index is 362. The van der Waals surface area contributed by atoms with Crippen molar-refractivity contribution in [3.63, 3.8) is 0 Å². The molecule has 6 heteroatoms. The summed E-state index contributed by atoms with van der Waals surface area (Å²) in [5.41, 5.74) is -0.112. The number of hydrogen-bond donors (Lipinski definition) is 1. The molecule has 2 aliphatic rings. The summed E-state index contributed by atoms with van der Waals surface area (Å²) in [6.07, 6.45) is 2.84. The summed E-state index contributed by atoms with van der Waals surface area (Å²) >= 11 is 0. The van der Waals surface area contributed by atoms with Gasteiger partial charge in [-0.3, -0.25) is 0 Å². The lowest BCUT2D eigenvalue weighted by Crippen LogP contribution is -2.48. The van der Waals surface area contributed by atoms with E-state index in [1.165, 1.54) is 0 Å². The van der Waals surface area contributed by atoms with Crippen molar-refractivity contribution >= 4 is 9.84 Å². The Hall–Kier alpha value is -0.170. The number of rotatable bonds is 5. The van der Waals surface area contributed by atoms with Crippen molar-refractivity contribution in [2.75, 3.05) is 37.9 Å². The molecule has 106 valence electrons. The van der Waals surface area contributed by atoms with Gasteiger partial charge in [0.1, 0.15) is 0 Å². The van der Waals surface area contributed by atoms with Crippen LogP contribution in [0.25, 0.3) is 0 Å². The van der Waals surface area contributed by atoms with Crippen LogP contribution in [0.2, 0.25) is 0 Å². The van der Waals surface area contributed by atoms with Crippen LogP contribution in [0, 0.1) is 0 Å². The average Bonchev–Trinajstić information content (AvgIpc) is 2.77. The van der Waals surface area contributed by atoms with Gasteiger partial charge in [0.05, 0.1) is 18.0 Å². The third-order valence-electron chi connectivity index (χ3n) is 3.85. The molecule has 2 saturated heterocycles. The van der Waals surface area contributed by atoms with E-state index in [9.17, 15) is 8.42 Å². The molecule has 0 aromatic carbocycles. The van der Waals surface area contributed by atoms with Crippen LogP contribution in [0.5, 0.6) is 0 Å². The lowest BCUT2D eigenvalue weighted by atomic mass is 9.90. The van der Waals surface area contributed by atoms with Gasteiger partial charge in [-0.1, -0.05) is 6.92 Å². The van der Waals surface area contributed by atoms with Crippen LogP contribution in [0.15, 0.2) is 0 Å². The highest BCUT2D eigenvalue weighted by Gasteiger charge is 2.40. The third-order valence-corrected chi connectivity index (χ3v) is 5.55. The van der Waals surface area contributed by atoms with Gasteiger partial charge in [-0.15, -0.1) is 0 Å². The van der Waals surface area contributed by atoms with Gasteiger partial charge in [0.15, 0.2) is 9.84 Å². The van der Waals surface area contributed by atoms with Crippen LogP contribution in [-0.2, 0) is 19.3 Å². The van der Waals surface area contributed by atoms with Gasteiger partial charge < -0.3 is 14.8 Å². The van der Waals surface area contributed by atoms with Gasteiger partial charge in [0, 0.05) is 38.0 Å². The lowest BCUT2D eigenvalue weighted by molar-refractivity contribution is -0.0890. The van der Waals surface area contributed by atoms with Gasteiger partial charge in [0.2, 0.25) is 0 Å². The highest BCUT2D eigenvalue weighted by molar-refractivity contribution is 7.91. The Labute approximate surface area is 109 Å². The molecule has 2 unspecified atom stereocenters. The molecule has 0 amide bonds. The van der Waals surface area contributed by atoms with E-state index >= 15 is 0 Å². The predicted molar refractivity (Wildman–Crippen MR) is 69.5 cm³/mol. The smallest absolute Gasteiger partial charge is 0.151 e. The summed E-state index contributed by atoms with van der Waals surface area (Å²) in [7, 11) is -2.87. The van der Waals surface area contributed by atoms with E-state index in [1.54, 1.807) is 6.92 Å². The third kappa shape index (κ3) is 3.66. The summed E-state index contributed by atoms with van der Waals surface area (Å²) in [5, 5.41) is 3.35. The molecule has 2 heterocycles. The topological polar surface area (TPSA) is 64.6 Å². The molecule has 0 aromatic heterocycles. The number of ether oxygens (including phenoxy) is 2. The van der Waals surface area contributed by atoms with Gasteiger partial charge >= 0.3 is 0 Å². The van der Waals surface area contributed by atoms with Crippen molar-refractivity contribution in [3.8, 4) is 0 Å². The Morgan fingerprint density at radius 1 is 1.39 bits per heavy atom. The molecule has 0 saturated carbocycles.